The van der Waals surface area contributed by atoms with Crippen LogP contribution in [0.15, 0.2) is 24.3 Å². The summed E-state index contributed by atoms with van der Waals surface area (Å²) in [6.45, 7) is 6.26. The van der Waals surface area contributed by atoms with Crippen molar-refractivity contribution in [3.05, 3.63) is 35.4 Å². The van der Waals surface area contributed by atoms with E-state index >= 15 is 0 Å². The summed E-state index contributed by atoms with van der Waals surface area (Å²) in [5.74, 6) is 0.282. The van der Waals surface area contributed by atoms with E-state index in [4.69, 9.17) is 5.73 Å². The Balaban J connectivity index is 2.66. The van der Waals surface area contributed by atoms with Gasteiger partial charge in [0.15, 0.2) is 0 Å². The number of unbranched alkanes of at least 4 members (excludes halogenated alkanes) is 1. The van der Waals surface area contributed by atoms with E-state index in [2.05, 4.69) is 19.1 Å². The predicted molar refractivity (Wildman–Crippen MR) is 72.8 cm³/mol. The van der Waals surface area contributed by atoms with Gasteiger partial charge in [-0.2, -0.15) is 0 Å². The molecule has 0 fully saturated rings. The van der Waals surface area contributed by atoms with E-state index < -0.39 is 6.10 Å². The molecule has 0 bridgehead atoms. The maximum absolute atomic E-state index is 10.1. The molecule has 0 spiro atoms. The van der Waals surface area contributed by atoms with Crippen molar-refractivity contribution in [2.75, 3.05) is 0 Å². The van der Waals surface area contributed by atoms with E-state index in [9.17, 15) is 5.11 Å². The van der Waals surface area contributed by atoms with Crippen molar-refractivity contribution < 1.29 is 5.11 Å². The van der Waals surface area contributed by atoms with E-state index in [-0.39, 0.29) is 12.0 Å². The van der Waals surface area contributed by atoms with Crippen LogP contribution in [-0.2, 0) is 6.42 Å². The lowest BCUT2D eigenvalue weighted by Gasteiger charge is -2.22. The number of aryl methyl sites for hydroxylation is 1. The van der Waals surface area contributed by atoms with Crippen LogP contribution in [0, 0.1) is 5.92 Å². The summed E-state index contributed by atoms with van der Waals surface area (Å²) in [4.78, 5) is 0. The Morgan fingerprint density at radius 1 is 1.18 bits per heavy atom. The molecule has 1 aromatic rings. The highest BCUT2D eigenvalue weighted by atomic mass is 16.3. The Morgan fingerprint density at radius 2 is 1.76 bits per heavy atom. The van der Waals surface area contributed by atoms with Gasteiger partial charge in [-0.15, -0.1) is 0 Å². The van der Waals surface area contributed by atoms with Gasteiger partial charge in [-0.05, 0) is 29.9 Å². The molecule has 0 aliphatic heterocycles. The van der Waals surface area contributed by atoms with Gasteiger partial charge in [-0.25, -0.2) is 0 Å². The molecule has 0 aliphatic carbocycles. The van der Waals surface area contributed by atoms with Gasteiger partial charge in [0.25, 0.3) is 0 Å². The van der Waals surface area contributed by atoms with Crippen LogP contribution in [0.2, 0.25) is 0 Å². The second-order valence-electron chi connectivity index (χ2n) is 5.11. The molecule has 0 radical (unpaired) electrons. The first-order chi connectivity index (χ1) is 8.06. The molecule has 0 saturated heterocycles. The van der Waals surface area contributed by atoms with Gasteiger partial charge in [-0.3, -0.25) is 0 Å². The standard InChI is InChI=1S/C15H25NO/c1-4-5-6-12-7-9-13(10-8-12)15(17)14(16)11(2)3/h7-11,14-15,17H,4-6,16H2,1-3H3. The van der Waals surface area contributed by atoms with Crippen LogP contribution in [0.25, 0.3) is 0 Å². The van der Waals surface area contributed by atoms with E-state index in [1.54, 1.807) is 0 Å². The molecule has 0 aliphatic rings. The summed E-state index contributed by atoms with van der Waals surface area (Å²) >= 11 is 0. The lowest BCUT2D eigenvalue weighted by molar-refractivity contribution is 0.126. The molecule has 2 unspecified atom stereocenters. The van der Waals surface area contributed by atoms with Crippen LogP contribution in [0.3, 0.4) is 0 Å². The van der Waals surface area contributed by atoms with Crippen molar-refractivity contribution >= 4 is 0 Å². The average Bonchev–Trinajstić information content (AvgIpc) is 2.35. The predicted octanol–water partition coefficient (Wildman–Crippen LogP) is 3.05. The second-order valence-corrected chi connectivity index (χ2v) is 5.11. The van der Waals surface area contributed by atoms with Gasteiger partial charge in [0.1, 0.15) is 0 Å². The third-order valence-electron chi connectivity index (χ3n) is 3.27. The highest BCUT2D eigenvalue weighted by Gasteiger charge is 2.19. The number of nitrogens with two attached hydrogens (primary N) is 1. The number of rotatable bonds is 6. The average molecular weight is 235 g/mol. The Morgan fingerprint density at radius 3 is 2.24 bits per heavy atom. The third-order valence-corrected chi connectivity index (χ3v) is 3.27. The summed E-state index contributed by atoms with van der Waals surface area (Å²) < 4.78 is 0. The Kier molecular flexibility index (Phi) is 5.66. The largest absolute Gasteiger partial charge is 0.387 e. The van der Waals surface area contributed by atoms with Crippen molar-refractivity contribution in [2.24, 2.45) is 11.7 Å². The number of aliphatic hydroxyl groups is 1. The zero-order chi connectivity index (χ0) is 12.8. The van der Waals surface area contributed by atoms with Crippen molar-refractivity contribution in [3.8, 4) is 0 Å². The minimum Gasteiger partial charge on any atom is -0.387 e. The summed E-state index contributed by atoms with van der Waals surface area (Å²) in [6.07, 6.45) is 2.98. The van der Waals surface area contributed by atoms with Crippen molar-refractivity contribution in [1.29, 1.82) is 0 Å². The van der Waals surface area contributed by atoms with Gasteiger partial charge in [0.05, 0.1) is 6.10 Å². The molecular formula is C15H25NO. The van der Waals surface area contributed by atoms with Crippen LogP contribution in [0.4, 0.5) is 0 Å². The van der Waals surface area contributed by atoms with Crippen LogP contribution in [0.5, 0.6) is 0 Å². The van der Waals surface area contributed by atoms with E-state index in [1.807, 2.05) is 26.0 Å². The van der Waals surface area contributed by atoms with Crippen molar-refractivity contribution in [1.82, 2.24) is 0 Å². The summed E-state index contributed by atoms with van der Waals surface area (Å²) in [5.41, 5.74) is 8.22. The van der Waals surface area contributed by atoms with E-state index in [0.717, 1.165) is 12.0 Å². The zero-order valence-electron chi connectivity index (χ0n) is 11.2. The minimum atomic E-state index is -0.560. The van der Waals surface area contributed by atoms with E-state index in [1.165, 1.54) is 18.4 Å². The van der Waals surface area contributed by atoms with Crippen molar-refractivity contribution in [3.63, 3.8) is 0 Å². The molecule has 96 valence electrons. The van der Waals surface area contributed by atoms with Crippen LogP contribution < -0.4 is 5.73 Å². The quantitative estimate of drug-likeness (QED) is 0.796. The fraction of sp³-hybridized carbons (Fsp3) is 0.600. The van der Waals surface area contributed by atoms with Crippen LogP contribution in [-0.4, -0.2) is 11.1 Å². The topological polar surface area (TPSA) is 46.2 Å². The van der Waals surface area contributed by atoms with Crippen molar-refractivity contribution in [2.45, 2.75) is 52.2 Å². The fourth-order valence-corrected chi connectivity index (χ4v) is 1.85. The van der Waals surface area contributed by atoms with Gasteiger partial charge < -0.3 is 10.8 Å². The minimum absolute atomic E-state index is 0.198. The first kappa shape index (κ1) is 14.2. The number of hydrogen-bond donors (Lipinski definition) is 2. The smallest absolute Gasteiger partial charge is 0.0943 e. The molecule has 1 rings (SSSR count). The molecule has 0 amide bonds. The first-order valence-electron chi connectivity index (χ1n) is 6.58. The zero-order valence-corrected chi connectivity index (χ0v) is 11.2. The number of aliphatic hydroxyl groups excluding tert-OH is 1. The molecule has 17 heavy (non-hydrogen) atoms. The molecule has 1 aromatic carbocycles. The molecule has 0 aromatic heterocycles. The highest BCUT2D eigenvalue weighted by molar-refractivity contribution is 5.25. The molecule has 2 atom stereocenters. The normalized spacial score (nSPS) is 14.9. The van der Waals surface area contributed by atoms with Gasteiger partial charge in [0.2, 0.25) is 0 Å². The first-order valence-corrected chi connectivity index (χ1v) is 6.58. The summed E-state index contributed by atoms with van der Waals surface area (Å²) in [6, 6.07) is 8.00. The van der Waals surface area contributed by atoms with E-state index in [0.29, 0.717) is 0 Å². The molecule has 2 nitrogen and oxygen atoms in total. The van der Waals surface area contributed by atoms with Gasteiger partial charge >= 0.3 is 0 Å². The molecule has 2 heteroatoms. The summed E-state index contributed by atoms with van der Waals surface area (Å²) in [7, 11) is 0. The maximum atomic E-state index is 10.1. The highest BCUT2D eigenvalue weighted by Crippen LogP contribution is 2.21. The number of hydrogen-bond acceptors (Lipinski definition) is 2. The lowest BCUT2D eigenvalue weighted by atomic mass is 9.93. The maximum Gasteiger partial charge on any atom is 0.0943 e. The van der Waals surface area contributed by atoms with Gasteiger partial charge in [0, 0.05) is 6.04 Å². The second kappa shape index (κ2) is 6.77. The van der Waals surface area contributed by atoms with Gasteiger partial charge in [-0.1, -0.05) is 51.5 Å². The third kappa shape index (κ3) is 4.14. The Bertz CT molecular complexity index is 318. The summed E-state index contributed by atoms with van der Waals surface area (Å²) in [5, 5.41) is 10.1. The van der Waals surface area contributed by atoms with Crippen LogP contribution in [0.1, 0.15) is 50.8 Å². The number of benzene rings is 1. The molecular weight excluding hydrogens is 210 g/mol. The fourth-order valence-electron chi connectivity index (χ4n) is 1.85. The molecule has 3 N–H and O–H groups in total. The molecule has 0 heterocycles. The monoisotopic (exact) mass is 235 g/mol. The Labute approximate surface area is 105 Å². The SMILES string of the molecule is CCCCc1ccc(C(O)C(N)C(C)C)cc1. The van der Waals surface area contributed by atoms with Crippen LogP contribution >= 0.6 is 0 Å². The Hall–Kier alpha value is -0.860. The lowest BCUT2D eigenvalue weighted by Crippen LogP contribution is -2.33. The molecule has 0 saturated carbocycles.